The fourth-order valence-electron chi connectivity index (χ4n) is 2.81. The van der Waals surface area contributed by atoms with E-state index in [1.165, 1.54) is 11.3 Å². The van der Waals surface area contributed by atoms with Gasteiger partial charge >= 0.3 is 12.3 Å². The van der Waals surface area contributed by atoms with Crippen molar-refractivity contribution in [3.63, 3.8) is 0 Å². The number of carbonyl (C=O) groups is 1. The molecule has 1 aromatic rings. The first-order valence-corrected chi connectivity index (χ1v) is 10.3. The summed E-state index contributed by atoms with van der Waals surface area (Å²) >= 11 is 4.87. The zero-order valence-electron chi connectivity index (χ0n) is 15.4. The van der Waals surface area contributed by atoms with E-state index in [1.807, 2.05) is 32.2 Å². The third-order valence-electron chi connectivity index (χ3n) is 4.01. The first kappa shape index (κ1) is 22.1. The Kier molecular flexibility index (Phi) is 7.29. The van der Waals surface area contributed by atoms with Crippen molar-refractivity contribution in [2.45, 2.75) is 51.4 Å². The van der Waals surface area contributed by atoms with Gasteiger partial charge in [0.25, 0.3) is 0 Å². The lowest BCUT2D eigenvalue weighted by atomic mass is 9.89. The molecule has 2 heterocycles. The van der Waals surface area contributed by atoms with Crippen LogP contribution in [0.2, 0.25) is 0 Å². The first-order valence-electron chi connectivity index (χ1n) is 8.60. The average Bonchev–Trinajstić information content (AvgIpc) is 2.95. The van der Waals surface area contributed by atoms with Gasteiger partial charge in [0.05, 0.1) is 0 Å². The van der Waals surface area contributed by atoms with Crippen molar-refractivity contribution in [3.05, 3.63) is 20.8 Å². The van der Waals surface area contributed by atoms with E-state index in [-0.39, 0.29) is 12.0 Å². The van der Waals surface area contributed by atoms with E-state index in [9.17, 15) is 18.0 Å². The normalized spacial score (nSPS) is 18.1. The highest BCUT2D eigenvalue weighted by Crippen LogP contribution is 2.40. The Bertz CT molecular complexity index is 665. The lowest BCUT2D eigenvalue weighted by Gasteiger charge is -2.35. The van der Waals surface area contributed by atoms with E-state index >= 15 is 0 Å². The summed E-state index contributed by atoms with van der Waals surface area (Å²) in [5.74, 6) is 0.00983. The number of hydrogen-bond donors (Lipinski definition) is 0. The molecule has 1 unspecified atom stereocenters. The Hall–Kier alpha value is -1.16. The van der Waals surface area contributed by atoms with Crippen LogP contribution in [0, 0.1) is 5.92 Å². The predicted molar refractivity (Wildman–Crippen MR) is 101 cm³/mol. The van der Waals surface area contributed by atoms with E-state index in [1.54, 1.807) is 4.90 Å². The maximum absolute atomic E-state index is 12.4. The number of likely N-dealkylation sites (tertiary alicyclic amines) is 1. The van der Waals surface area contributed by atoms with Crippen LogP contribution in [0.25, 0.3) is 0 Å². The number of carbonyl (C=O) groups excluding carboxylic acids is 1. The summed E-state index contributed by atoms with van der Waals surface area (Å²) in [7, 11) is 0. The predicted octanol–water partition coefficient (Wildman–Crippen LogP) is 6.21. The molecule has 0 aliphatic carbocycles. The number of azo groups is 1. The molecule has 1 aliphatic rings. The van der Waals surface area contributed by atoms with Gasteiger partial charge in [-0.15, -0.1) is 11.3 Å². The summed E-state index contributed by atoms with van der Waals surface area (Å²) in [6.45, 7) is 5.10. The minimum Gasteiger partial charge on any atom is -0.444 e. The maximum atomic E-state index is 12.4. The second-order valence-corrected chi connectivity index (χ2v) is 9.21. The van der Waals surface area contributed by atoms with Crippen LogP contribution in [0.15, 0.2) is 26.1 Å². The Morgan fingerprint density at radius 3 is 2.48 bits per heavy atom. The molecule has 0 saturated carbocycles. The van der Waals surface area contributed by atoms with Crippen molar-refractivity contribution in [2.24, 2.45) is 16.1 Å². The number of rotatable bonds is 4. The maximum Gasteiger partial charge on any atom is 0.410 e. The summed E-state index contributed by atoms with van der Waals surface area (Å²) in [5.41, 5.74) is -0.565. The molecule has 27 heavy (non-hydrogen) atoms. The molecule has 5 nitrogen and oxygen atoms in total. The number of alkyl halides is 3. The van der Waals surface area contributed by atoms with Crippen LogP contribution in [0.1, 0.15) is 44.5 Å². The zero-order valence-corrected chi connectivity index (χ0v) is 17.8. The van der Waals surface area contributed by atoms with Crippen molar-refractivity contribution in [1.29, 1.82) is 0 Å². The summed E-state index contributed by atoms with van der Waals surface area (Å²) in [6, 6.07) is 1.39. The highest BCUT2D eigenvalue weighted by Gasteiger charge is 2.33. The van der Waals surface area contributed by atoms with Crippen LogP contribution < -0.4 is 0 Å². The zero-order chi connectivity index (χ0) is 20.2. The molecule has 1 atom stereocenters. The minimum absolute atomic E-state index is 0.00983. The van der Waals surface area contributed by atoms with Crippen LogP contribution in [0.3, 0.4) is 0 Å². The van der Waals surface area contributed by atoms with Gasteiger partial charge in [-0.05, 0) is 66.9 Å². The monoisotopic (exact) mass is 469 g/mol. The van der Waals surface area contributed by atoms with Crippen LogP contribution >= 0.6 is 27.3 Å². The van der Waals surface area contributed by atoms with Gasteiger partial charge < -0.3 is 9.64 Å². The highest BCUT2D eigenvalue weighted by atomic mass is 79.9. The number of nitrogens with zero attached hydrogens (tertiary/aromatic N) is 3. The number of thiophene rings is 1. The fraction of sp³-hybridized carbons (Fsp3) is 0.706. The Labute approximate surface area is 169 Å². The highest BCUT2D eigenvalue weighted by molar-refractivity contribution is 9.10. The van der Waals surface area contributed by atoms with Gasteiger partial charge in [0.2, 0.25) is 0 Å². The molecular formula is C17H23BrF3N3O2S. The summed E-state index contributed by atoms with van der Waals surface area (Å²) in [6.07, 6.45) is -3.49. The number of hydrogen-bond acceptors (Lipinski definition) is 5. The standard InChI is InChI=1S/C17H23BrF3N3O2S/c1-16(2,3)26-15(25)24-7-4-11(5-8-24)13(14-12(18)6-9-27-14)23-22-10-17(19,20)21/h6,9,11,13H,4-5,7-8,10H2,1-3H3. The molecule has 1 amide bonds. The third-order valence-corrected chi connectivity index (χ3v) is 5.95. The first-order chi connectivity index (χ1) is 12.5. The largest absolute Gasteiger partial charge is 0.444 e. The average molecular weight is 470 g/mol. The van der Waals surface area contributed by atoms with Gasteiger partial charge in [-0.25, -0.2) is 4.79 Å². The van der Waals surface area contributed by atoms with Crippen LogP contribution in [-0.4, -0.2) is 42.4 Å². The summed E-state index contributed by atoms with van der Waals surface area (Å²) < 4.78 is 43.5. The SMILES string of the molecule is CC(C)(C)OC(=O)N1CCC(C(N=NCC(F)(F)F)c2sccc2Br)CC1. The van der Waals surface area contributed by atoms with Gasteiger partial charge in [-0.3, -0.25) is 0 Å². The molecule has 1 aliphatic heterocycles. The van der Waals surface area contributed by atoms with Crippen molar-refractivity contribution < 1.29 is 22.7 Å². The van der Waals surface area contributed by atoms with E-state index in [0.717, 1.165) is 9.35 Å². The molecule has 152 valence electrons. The Morgan fingerprint density at radius 1 is 1.37 bits per heavy atom. The molecular weight excluding hydrogens is 447 g/mol. The molecule has 1 aromatic heterocycles. The van der Waals surface area contributed by atoms with Crippen molar-refractivity contribution in [3.8, 4) is 0 Å². The lowest BCUT2D eigenvalue weighted by Crippen LogP contribution is -2.42. The molecule has 0 bridgehead atoms. The Balaban J connectivity index is 2.05. The van der Waals surface area contributed by atoms with Crippen molar-refractivity contribution in [2.75, 3.05) is 19.6 Å². The molecule has 10 heteroatoms. The van der Waals surface area contributed by atoms with Gasteiger partial charge in [-0.2, -0.15) is 23.4 Å². The van der Waals surface area contributed by atoms with Gasteiger partial charge in [0, 0.05) is 22.4 Å². The number of ether oxygens (including phenoxy) is 1. The van der Waals surface area contributed by atoms with E-state index in [0.29, 0.717) is 25.9 Å². The molecule has 0 radical (unpaired) electrons. The van der Waals surface area contributed by atoms with E-state index in [4.69, 9.17) is 4.74 Å². The van der Waals surface area contributed by atoms with Crippen LogP contribution in [0.4, 0.5) is 18.0 Å². The number of piperidine rings is 1. The summed E-state index contributed by atoms with van der Waals surface area (Å²) in [4.78, 5) is 14.7. The van der Waals surface area contributed by atoms with Crippen molar-refractivity contribution in [1.82, 2.24) is 4.90 Å². The third kappa shape index (κ3) is 7.06. The second-order valence-electron chi connectivity index (χ2n) is 7.41. The topological polar surface area (TPSA) is 54.3 Å². The van der Waals surface area contributed by atoms with E-state index in [2.05, 4.69) is 26.2 Å². The smallest absolute Gasteiger partial charge is 0.410 e. The van der Waals surface area contributed by atoms with Crippen LogP contribution in [0.5, 0.6) is 0 Å². The summed E-state index contributed by atoms with van der Waals surface area (Å²) in [5, 5.41) is 9.28. The van der Waals surface area contributed by atoms with Crippen LogP contribution in [-0.2, 0) is 4.74 Å². The molecule has 0 aromatic carbocycles. The molecule has 1 saturated heterocycles. The molecule has 0 spiro atoms. The molecule has 0 N–H and O–H groups in total. The lowest BCUT2D eigenvalue weighted by molar-refractivity contribution is -0.119. The number of halogens is 4. The minimum atomic E-state index is -4.37. The van der Waals surface area contributed by atoms with E-state index < -0.39 is 24.4 Å². The Morgan fingerprint density at radius 2 is 2.00 bits per heavy atom. The fourth-order valence-corrected chi connectivity index (χ4v) is 4.54. The number of amides is 1. The van der Waals surface area contributed by atoms with Gasteiger partial charge in [0.15, 0.2) is 6.54 Å². The second kappa shape index (κ2) is 8.89. The molecule has 1 fully saturated rings. The van der Waals surface area contributed by atoms with Crippen molar-refractivity contribution >= 4 is 33.4 Å². The van der Waals surface area contributed by atoms with Gasteiger partial charge in [0.1, 0.15) is 11.6 Å². The quantitative estimate of drug-likeness (QED) is 0.491. The van der Waals surface area contributed by atoms with Gasteiger partial charge in [-0.1, -0.05) is 0 Å². The molecule has 2 rings (SSSR count).